The lowest BCUT2D eigenvalue weighted by atomic mass is 10.1. The second-order valence-corrected chi connectivity index (χ2v) is 4.81. The topological polar surface area (TPSA) is 74.4 Å². The highest BCUT2D eigenvalue weighted by atomic mass is 35.5. The number of rotatable bonds is 4. The molecule has 0 aromatic carbocycles. The first-order valence-electron chi connectivity index (χ1n) is 5.34. The minimum Gasteiger partial charge on any atom is -0.466 e. The number of nitrogens with two attached hydrogens (primary N) is 1. The zero-order valence-corrected chi connectivity index (χ0v) is 12.0. The van der Waals surface area contributed by atoms with Crippen LogP contribution in [0.5, 0.6) is 5.88 Å². The molecule has 1 atom stereocenters. The monoisotopic (exact) mass is 310 g/mol. The number of pyridine rings is 1. The molecule has 0 bridgehead atoms. The Balaban J connectivity index is 3.14. The summed E-state index contributed by atoms with van der Waals surface area (Å²) in [7, 11) is 1.22. The van der Waals surface area contributed by atoms with Gasteiger partial charge in [0.05, 0.1) is 12.8 Å². The van der Waals surface area contributed by atoms with Crippen LogP contribution < -0.4 is 10.5 Å². The normalized spacial score (nSPS) is 12.4. The van der Waals surface area contributed by atoms with Crippen molar-refractivity contribution in [2.75, 3.05) is 12.8 Å². The Morgan fingerprint density at radius 2 is 1.95 bits per heavy atom. The number of nitrogen functional groups attached to an aromatic ring is 1. The van der Waals surface area contributed by atoms with Gasteiger partial charge >= 0.3 is 5.97 Å². The molecule has 5 nitrogen and oxygen atoms in total. The molecule has 106 valence electrons. The summed E-state index contributed by atoms with van der Waals surface area (Å²) < 4.78 is 23.2. The van der Waals surface area contributed by atoms with Crippen LogP contribution >= 0.6 is 23.2 Å². The van der Waals surface area contributed by atoms with Crippen LogP contribution in [0.2, 0.25) is 10.0 Å². The molecule has 8 heteroatoms. The van der Waals surface area contributed by atoms with Crippen LogP contribution in [-0.2, 0) is 9.53 Å². The summed E-state index contributed by atoms with van der Waals surface area (Å²) in [6.07, 6.45) is -0.977. The Labute approximate surface area is 119 Å². The maximum absolute atomic E-state index is 13.4. The second kappa shape index (κ2) is 6.25. The number of carbonyl (C=O) groups is 1. The fourth-order valence-electron chi connectivity index (χ4n) is 1.28. The number of methoxy groups -OCH3 is 1. The molecule has 0 aliphatic carbocycles. The first-order chi connectivity index (χ1) is 8.79. The van der Waals surface area contributed by atoms with E-state index in [1.54, 1.807) is 13.8 Å². The Kier molecular flexibility index (Phi) is 5.20. The molecular formula is C11H13Cl2FN2O3. The van der Waals surface area contributed by atoms with Crippen LogP contribution in [0, 0.1) is 11.9 Å². The van der Waals surface area contributed by atoms with Crippen molar-refractivity contribution in [1.29, 1.82) is 0 Å². The smallest absolute Gasteiger partial charge is 0.347 e. The summed E-state index contributed by atoms with van der Waals surface area (Å²) in [6.45, 7) is 3.45. The van der Waals surface area contributed by atoms with Crippen LogP contribution in [0.1, 0.15) is 13.8 Å². The molecule has 0 unspecified atom stereocenters. The van der Waals surface area contributed by atoms with E-state index in [4.69, 9.17) is 33.7 Å². The predicted octanol–water partition coefficient (Wildman–Crippen LogP) is 2.69. The highest BCUT2D eigenvalue weighted by Gasteiger charge is 2.28. The van der Waals surface area contributed by atoms with Crippen LogP contribution in [0.3, 0.4) is 0 Å². The Morgan fingerprint density at radius 3 is 2.42 bits per heavy atom. The van der Waals surface area contributed by atoms with Crippen molar-refractivity contribution < 1.29 is 18.7 Å². The van der Waals surface area contributed by atoms with Crippen LogP contribution in [0.25, 0.3) is 0 Å². The number of aromatic nitrogens is 1. The molecule has 1 aromatic heterocycles. The SMILES string of the molecule is COC(=O)[C@H](Oc1nc(F)c(Cl)c(N)c1Cl)C(C)C. The first kappa shape index (κ1) is 15.8. The van der Waals surface area contributed by atoms with E-state index >= 15 is 0 Å². The minimum absolute atomic E-state index is 0.152. The zero-order valence-electron chi connectivity index (χ0n) is 10.5. The molecule has 0 fully saturated rings. The maximum Gasteiger partial charge on any atom is 0.347 e. The van der Waals surface area contributed by atoms with Crippen LogP contribution in [-0.4, -0.2) is 24.2 Å². The summed E-state index contributed by atoms with van der Waals surface area (Å²) in [5.41, 5.74) is 5.31. The van der Waals surface area contributed by atoms with Gasteiger partial charge in [0.15, 0.2) is 6.10 Å². The third kappa shape index (κ3) is 3.39. The van der Waals surface area contributed by atoms with Gasteiger partial charge in [-0.1, -0.05) is 37.0 Å². The van der Waals surface area contributed by atoms with Crippen LogP contribution in [0.4, 0.5) is 10.1 Å². The van der Waals surface area contributed by atoms with Crippen molar-refractivity contribution in [3.63, 3.8) is 0 Å². The average Bonchev–Trinajstić information content (AvgIpc) is 2.37. The van der Waals surface area contributed by atoms with Gasteiger partial charge in [-0.2, -0.15) is 9.37 Å². The van der Waals surface area contributed by atoms with Gasteiger partial charge < -0.3 is 15.2 Å². The van der Waals surface area contributed by atoms with E-state index in [-0.39, 0.29) is 22.5 Å². The van der Waals surface area contributed by atoms with Gasteiger partial charge in [0, 0.05) is 5.92 Å². The molecule has 0 aliphatic rings. The summed E-state index contributed by atoms with van der Waals surface area (Å²) in [5.74, 6) is -2.18. The Hall–Kier alpha value is -1.27. The van der Waals surface area contributed by atoms with Crippen molar-refractivity contribution in [2.24, 2.45) is 5.92 Å². The van der Waals surface area contributed by atoms with Gasteiger partial charge in [0.2, 0.25) is 11.8 Å². The van der Waals surface area contributed by atoms with E-state index in [2.05, 4.69) is 9.72 Å². The third-order valence-corrected chi connectivity index (χ3v) is 3.04. The van der Waals surface area contributed by atoms with Gasteiger partial charge in [0.1, 0.15) is 10.0 Å². The largest absolute Gasteiger partial charge is 0.466 e. The number of carbonyl (C=O) groups excluding carboxylic acids is 1. The van der Waals surface area contributed by atoms with Gasteiger partial charge in [-0.15, -0.1) is 0 Å². The molecule has 1 rings (SSSR count). The highest BCUT2D eigenvalue weighted by molar-refractivity contribution is 6.39. The van der Waals surface area contributed by atoms with E-state index in [1.165, 1.54) is 7.11 Å². The Bertz CT molecular complexity index is 497. The van der Waals surface area contributed by atoms with Gasteiger partial charge in [-0.05, 0) is 0 Å². The van der Waals surface area contributed by atoms with Crippen molar-refractivity contribution in [3.8, 4) is 5.88 Å². The van der Waals surface area contributed by atoms with E-state index < -0.39 is 23.0 Å². The van der Waals surface area contributed by atoms with E-state index in [0.717, 1.165) is 0 Å². The Morgan fingerprint density at radius 1 is 1.37 bits per heavy atom. The number of hydrogen-bond acceptors (Lipinski definition) is 5. The number of halogens is 3. The molecule has 1 heterocycles. The molecule has 0 aliphatic heterocycles. The molecule has 19 heavy (non-hydrogen) atoms. The van der Waals surface area contributed by atoms with E-state index in [9.17, 15) is 9.18 Å². The van der Waals surface area contributed by atoms with E-state index in [0.29, 0.717) is 0 Å². The quantitative estimate of drug-likeness (QED) is 0.683. The lowest BCUT2D eigenvalue weighted by molar-refractivity contribution is -0.151. The molecular weight excluding hydrogens is 298 g/mol. The molecule has 0 radical (unpaired) electrons. The first-order valence-corrected chi connectivity index (χ1v) is 6.09. The number of ether oxygens (including phenoxy) is 2. The molecule has 0 amide bonds. The number of anilines is 1. The van der Waals surface area contributed by atoms with Crippen molar-refractivity contribution in [1.82, 2.24) is 4.98 Å². The third-order valence-electron chi connectivity index (χ3n) is 2.32. The number of esters is 1. The minimum atomic E-state index is -1.02. The zero-order chi connectivity index (χ0) is 14.7. The summed E-state index contributed by atoms with van der Waals surface area (Å²) in [5, 5.41) is -0.544. The summed E-state index contributed by atoms with van der Waals surface area (Å²) in [6, 6.07) is 0. The maximum atomic E-state index is 13.4. The van der Waals surface area contributed by atoms with Crippen molar-refractivity contribution in [2.45, 2.75) is 20.0 Å². The molecule has 2 N–H and O–H groups in total. The highest BCUT2D eigenvalue weighted by Crippen LogP contribution is 2.36. The lowest BCUT2D eigenvalue weighted by Gasteiger charge is -2.20. The number of hydrogen-bond donors (Lipinski definition) is 1. The number of nitrogens with zero attached hydrogens (tertiary/aromatic N) is 1. The average molecular weight is 311 g/mol. The second-order valence-electron chi connectivity index (χ2n) is 4.06. The standard InChI is InChI=1S/C11H13Cl2FN2O3/c1-4(2)8(11(17)18-3)19-10-6(13)7(15)5(12)9(14)16-10/h4,8H,1-3H3,(H2,15,16)/t8-/m1/s1. The van der Waals surface area contributed by atoms with Crippen molar-refractivity contribution in [3.05, 3.63) is 16.0 Å². The summed E-state index contributed by atoms with van der Waals surface area (Å²) >= 11 is 11.4. The lowest BCUT2D eigenvalue weighted by Crippen LogP contribution is -2.34. The van der Waals surface area contributed by atoms with Gasteiger partial charge in [-0.3, -0.25) is 0 Å². The van der Waals surface area contributed by atoms with E-state index in [1.807, 2.05) is 0 Å². The fourth-order valence-corrected chi connectivity index (χ4v) is 1.65. The predicted molar refractivity (Wildman–Crippen MR) is 69.9 cm³/mol. The molecule has 1 aromatic rings. The molecule has 0 saturated carbocycles. The summed E-state index contributed by atoms with van der Waals surface area (Å²) in [4.78, 5) is 15.0. The molecule has 0 saturated heterocycles. The van der Waals surface area contributed by atoms with Gasteiger partial charge in [0.25, 0.3) is 0 Å². The van der Waals surface area contributed by atoms with Crippen LogP contribution in [0.15, 0.2) is 0 Å². The van der Waals surface area contributed by atoms with Crippen molar-refractivity contribution >= 4 is 34.9 Å². The van der Waals surface area contributed by atoms with Gasteiger partial charge in [-0.25, -0.2) is 4.79 Å². The molecule has 0 spiro atoms. The fraction of sp³-hybridized carbons (Fsp3) is 0.455.